The van der Waals surface area contributed by atoms with Crippen molar-refractivity contribution in [3.63, 3.8) is 0 Å². The third-order valence-electron chi connectivity index (χ3n) is 2.82. The van der Waals surface area contributed by atoms with Gasteiger partial charge in [0.05, 0.1) is 9.30 Å². The standard InChI is InChI=1S/C11H10ClFN2O5/c12-3-2-11(13)8(18)6(5-16)20-9(11)15-4-1-7(17)14-10(15)19/h1,4,6,8-9,16,18H,5H2,(H,14,17,19)/t6-,8?,9-,11-/m1/s1/i5D2. The molecule has 1 aromatic heterocycles. The number of ether oxygens (including phenoxy) is 1. The molecule has 1 aliphatic heterocycles. The molecule has 1 aromatic rings. The zero-order chi connectivity index (χ0) is 16.7. The number of aliphatic hydroxyl groups excluding tert-OH is 1. The Labute approximate surface area is 119 Å². The molecule has 0 radical (unpaired) electrons. The van der Waals surface area contributed by atoms with Crippen LogP contribution in [0.5, 0.6) is 0 Å². The van der Waals surface area contributed by atoms with Crippen molar-refractivity contribution in [3.05, 3.63) is 33.1 Å². The van der Waals surface area contributed by atoms with Crippen LogP contribution >= 0.6 is 11.6 Å². The molecule has 108 valence electrons. The van der Waals surface area contributed by atoms with Crippen LogP contribution in [0.15, 0.2) is 21.9 Å². The Kier molecular flexibility index (Phi) is 3.26. The molecule has 2 heterocycles. The number of H-pyrrole nitrogens is 1. The molecule has 9 heteroatoms. The van der Waals surface area contributed by atoms with Gasteiger partial charge < -0.3 is 14.9 Å². The van der Waals surface area contributed by atoms with Crippen molar-refractivity contribution >= 4 is 11.6 Å². The Balaban J connectivity index is 2.59. The minimum Gasteiger partial charge on any atom is -0.394 e. The van der Waals surface area contributed by atoms with Gasteiger partial charge in [0.25, 0.3) is 5.56 Å². The normalized spacial score (nSPS) is 34.9. The smallest absolute Gasteiger partial charge is 0.330 e. The lowest BCUT2D eigenvalue weighted by molar-refractivity contribution is -0.0543. The maximum atomic E-state index is 15.0. The Bertz CT molecular complexity index is 752. The van der Waals surface area contributed by atoms with Crippen molar-refractivity contribution in [3.8, 4) is 11.3 Å². The van der Waals surface area contributed by atoms with Crippen molar-refractivity contribution in [2.45, 2.75) is 24.1 Å². The molecule has 2 rings (SSSR count). The number of aromatic nitrogens is 2. The van der Waals surface area contributed by atoms with Crippen LogP contribution in [0.2, 0.25) is 0 Å². The summed E-state index contributed by atoms with van der Waals surface area (Å²) in [6.07, 6.45) is -5.30. The minimum atomic E-state index is -3.11. The molecular formula is C11H10ClFN2O5. The van der Waals surface area contributed by atoms with Gasteiger partial charge in [0.1, 0.15) is 12.2 Å². The van der Waals surface area contributed by atoms with Gasteiger partial charge in [0, 0.05) is 17.6 Å². The molecular weight excluding hydrogens is 295 g/mol. The van der Waals surface area contributed by atoms with E-state index in [0.29, 0.717) is 4.57 Å². The lowest BCUT2D eigenvalue weighted by Crippen LogP contribution is -2.45. The molecule has 1 saturated heterocycles. The SMILES string of the molecule is [2H]C([2H])(O)[C@H]1O[C@@H](n2ccc(=O)[nH]c2=O)[C@@](F)(C#CCl)C1O. The summed E-state index contributed by atoms with van der Waals surface area (Å²) in [5, 5.41) is 20.9. The van der Waals surface area contributed by atoms with Gasteiger partial charge in [0.2, 0.25) is 5.67 Å². The van der Waals surface area contributed by atoms with Crippen LogP contribution in [0.1, 0.15) is 8.97 Å². The van der Waals surface area contributed by atoms with E-state index in [9.17, 15) is 24.2 Å². The van der Waals surface area contributed by atoms with Gasteiger partial charge >= 0.3 is 5.69 Å². The van der Waals surface area contributed by atoms with Crippen LogP contribution in [0.3, 0.4) is 0 Å². The predicted molar refractivity (Wildman–Crippen MR) is 65.8 cm³/mol. The van der Waals surface area contributed by atoms with E-state index in [2.05, 4.69) is 0 Å². The maximum absolute atomic E-state index is 15.0. The topological polar surface area (TPSA) is 105 Å². The third kappa shape index (κ3) is 2.25. The minimum absolute atomic E-state index is 0.567. The zero-order valence-corrected chi connectivity index (χ0v) is 10.5. The molecule has 0 aromatic carbocycles. The highest BCUT2D eigenvalue weighted by atomic mass is 35.5. The van der Waals surface area contributed by atoms with Gasteiger partial charge in [-0.1, -0.05) is 0 Å². The van der Waals surface area contributed by atoms with Crippen LogP contribution in [-0.4, -0.2) is 44.2 Å². The van der Waals surface area contributed by atoms with Crippen molar-refractivity contribution in [1.29, 1.82) is 0 Å². The second-order valence-corrected chi connectivity index (χ2v) is 4.18. The van der Waals surface area contributed by atoms with Crippen molar-refractivity contribution in [2.75, 3.05) is 6.56 Å². The first-order valence-electron chi connectivity index (χ1n) is 6.30. The van der Waals surface area contributed by atoms with E-state index in [0.717, 1.165) is 12.3 Å². The molecule has 0 amide bonds. The highest BCUT2D eigenvalue weighted by molar-refractivity contribution is 6.30. The number of hydrogen-bond donors (Lipinski definition) is 3. The summed E-state index contributed by atoms with van der Waals surface area (Å²) in [5.41, 5.74) is -4.80. The number of aromatic amines is 1. The molecule has 1 unspecified atom stereocenters. The molecule has 7 nitrogen and oxygen atoms in total. The zero-order valence-electron chi connectivity index (χ0n) is 11.7. The first kappa shape index (κ1) is 12.1. The molecule has 4 atom stereocenters. The Morgan fingerprint density at radius 2 is 2.40 bits per heavy atom. The fourth-order valence-corrected chi connectivity index (χ4v) is 2.01. The molecule has 0 saturated carbocycles. The number of halogens is 2. The summed E-state index contributed by atoms with van der Waals surface area (Å²) in [5.74, 6) is 1.81. The number of alkyl halides is 1. The van der Waals surface area contributed by atoms with Crippen LogP contribution in [0.4, 0.5) is 4.39 Å². The summed E-state index contributed by atoms with van der Waals surface area (Å²) in [6.45, 7) is -3.11. The summed E-state index contributed by atoms with van der Waals surface area (Å²) >= 11 is 5.15. The van der Waals surface area contributed by atoms with Gasteiger partial charge in [-0.2, -0.15) is 0 Å². The highest BCUT2D eigenvalue weighted by Crippen LogP contribution is 2.40. The van der Waals surface area contributed by atoms with Crippen LogP contribution < -0.4 is 11.2 Å². The first-order chi connectivity index (χ1) is 10.1. The van der Waals surface area contributed by atoms with Gasteiger partial charge in [-0.25, -0.2) is 9.18 Å². The molecule has 1 aliphatic rings. The van der Waals surface area contributed by atoms with Crippen molar-refractivity contribution < 1.29 is 22.1 Å². The van der Waals surface area contributed by atoms with E-state index < -0.39 is 41.9 Å². The molecule has 0 spiro atoms. The fourth-order valence-electron chi connectivity index (χ4n) is 1.87. The summed E-state index contributed by atoms with van der Waals surface area (Å²) in [7, 11) is 0. The summed E-state index contributed by atoms with van der Waals surface area (Å²) < 4.78 is 34.8. The molecule has 0 bridgehead atoms. The van der Waals surface area contributed by atoms with Gasteiger partial charge in [-0.3, -0.25) is 14.3 Å². The molecule has 0 aliphatic carbocycles. The average molecular weight is 307 g/mol. The lowest BCUT2D eigenvalue weighted by Gasteiger charge is -2.23. The second-order valence-electron chi connectivity index (χ2n) is 3.99. The number of rotatable bonds is 2. The molecule has 3 N–H and O–H groups in total. The van der Waals surface area contributed by atoms with Crippen LogP contribution in [0, 0.1) is 11.3 Å². The predicted octanol–water partition coefficient (Wildman–Crippen LogP) is -1.30. The molecule has 20 heavy (non-hydrogen) atoms. The van der Waals surface area contributed by atoms with Gasteiger partial charge in [0.15, 0.2) is 6.23 Å². The van der Waals surface area contributed by atoms with Crippen molar-refractivity contribution in [2.24, 2.45) is 0 Å². The summed E-state index contributed by atoms with van der Waals surface area (Å²) in [4.78, 5) is 24.6. The molecule has 1 fully saturated rings. The second kappa shape index (κ2) is 5.38. The third-order valence-corrected chi connectivity index (χ3v) is 2.92. The number of nitrogens with zero attached hydrogens (tertiary/aromatic N) is 1. The van der Waals surface area contributed by atoms with Gasteiger partial charge in [-0.05, 0) is 17.5 Å². The number of nitrogens with one attached hydrogen (secondary N) is 1. The van der Waals surface area contributed by atoms with E-state index >= 15 is 0 Å². The number of hydrogen-bond acceptors (Lipinski definition) is 5. The highest BCUT2D eigenvalue weighted by Gasteiger charge is 2.57. The average Bonchev–Trinajstić information content (AvgIpc) is 2.63. The Morgan fingerprint density at radius 1 is 1.70 bits per heavy atom. The lowest BCUT2D eigenvalue weighted by atomic mass is 9.97. The van der Waals surface area contributed by atoms with Crippen molar-refractivity contribution in [1.82, 2.24) is 9.55 Å². The van der Waals surface area contributed by atoms with E-state index in [1.807, 2.05) is 10.9 Å². The summed E-state index contributed by atoms with van der Waals surface area (Å²) in [6, 6.07) is 0.895. The van der Waals surface area contributed by atoms with E-state index in [1.165, 1.54) is 0 Å². The first-order valence-corrected chi connectivity index (χ1v) is 5.68. The maximum Gasteiger partial charge on any atom is 0.330 e. The van der Waals surface area contributed by atoms with E-state index in [4.69, 9.17) is 19.1 Å². The van der Waals surface area contributed by atoms with E-state index in [1.54, 1.807) is 5.38 Å². The monoisotopic (exact) mass is 306 g/mol. The van der Waals surface area contributed by atoms with Gasteiger partial charge in [-0.15, -0.1) is 0 Å². The largest absolute Gasteiger partial charge is 0.394 e. The van der Waals surface area contributed by atoms with E-state index in [-0.39, 0.29) is 0 Å². The Hall–Kier alpha value is -1.66. The number of aliphatic hydroxyl groups is 2. The Morgan fingerprint density at radius 3 is 2.95 bits per heavy atom. The fraction of sp³-hybridized carbons (Fsp3) is 0.455. The quantitative estimate of drug-likeness (QED) is 0.589. The van der Waals surface area contributed by atoms with Crippen LogP contribution in [-0.2, 0) is 4.74 Å². The van der Waals surface area contributed by atoms with Crippen LogP contribution in [0.25, 0.3) is 0 Å².